The Balaban J connectivity index is 3.27. The Morgan fingerprint density at radius 1 is 1.11 bits per heavy atom. The molecule has 2 N–H and O–H groups in total. The molecule has 1 aromatic rings. The molecule has 0 saturated heterocycles. The zero-order valence-electron chi connectivity index (χ0n) is 12.6. The molecular weight excluding hydrogens is 222 g/mol. The van der Waals surface area contributed by atoms with Crippen LogP contribution in [0.4, 0.5) is 0 Å². The number of rotatable bonds is 4. The van der Waals surface area contributed by atoms with Crippen molar-refractivity contribution in [3.05, 3.63) is 29.3 Å². The molecule has 1 rings (SSSR count). The van der Waals surface area contributed by atoms with Crippen LogP contribution in [-0.4, -0.2) is 13.7 Å². The zero-order chi connectivity index (χ0) is 14.0. The summed E-state index contributed by atoms with van der Waals surface area (Å²) in [5, 5.41) is 0. The minimum atomic E-state index is 0.0835. The molecule has 0 aromatic heterocycles. The van der Waals surface area contributed by atoms with Crippen LogP contribution in [0.2, 0.25) is 0 Å². The lowest BCUT2D eigenvalue weighted by Gasteiger charge is -2.29. The Labute approximate surface area is 112 Å². The van der Waals surface area contributed by atoms with E-state index in [0.29, 0.717) is 6.54 Å². The summed E-state index contributed by atoms with van der Waals surface area (Å²) in [6.07, 6.45) is 0.989. The molecule has 0 radical (unpaired) electrons. The van der Waals surface area contributed by atoms with Crippen molar-refractivity contribution in [3.8, 4) is 5.75 Å². The molecule has 0 atom stereocenters. The maximum Gasteiger partial charge on any atom is 0.122 e. The average Bonchev–Trinajstić information content (AvgIpc) is 2.27. The molecule has 102 valence electrons. The molecule has 1 aromatic carbocycles. The highest BCUT2D eigenvalue weighted by Gasteiger charge is 2.24. The average molecular weight is 249 g/mol. The van der Waals surface area contributed by atoms with Crippen LogP contribution in [0.25, 0.3) is 0 Å². The smallest absolute Gasteiger partial charge is 0.122 e. The van der Waals surface area contributed by atoms with Crippen molar-refractivity contribution in [1.29, 1.82) is 0 Å². The van der Waals surface area contributed by atoms with E-state index < -0.39 is 0 Å². The maximum atomic E-state index is 5.71. The molecule has 0 aliphatic carbocycles. The normalized spacial score (nSPS) is 12.6. The van der Waals surface area contributed by atoms with Crippen molar-refractivity contribution < 1.29 is 4.74 Å². The van der Waals surface area contributed by atoms with Crippen LogP contribution >= 0.6 is 0 Å². The van der Waals surface area contributed by atoms with Gasteiger partial charge in [-0.3, -0.25) is 0 Å². The summed E-state index contributed by atoms with van der Waals surface area (Å²) < 4.78 is 5.47. The Bertz CT molecular complexity index is 402. The van der Waals surface area contributed by atoms with Gasteiger partial charge in [0.15, 0.2) is 0 Å². The quantitative estimate of drug-likeness (QED) is 0.884. The SMILES string of the molecule is COc1ccc(C(C)(C)CCN)cc1C(C)(C)C. The fraction of sp³-hybridized carbons (Fsp3) is 0.625. The topological polar surface area (TPSA) is 35.2 Å². The second kappa shape index (κ2) is 5.31. The Morgan fingerprint density at radius 2 is 1.72 bits per heavy atom. The van der Waals surface area contributed by atoms with Gasteiger partial charge in [-0.25, -0.2) is 0 Å². The summed E-state index contributed by atoms with van der Waals surface area (Å²) in [6.45, 7) is 11.8. The first-order valence-corrected chi connectivity index (χ1v) is 6.61. The van der Waals surface area contributed by atoms with Gasteiger partial charge >= 0.3 is 0 Å². The zero-order valence-corrected chi connectivity index (χ0v) is 12.6. The van der Waals surface area contributed by atoms with E-state index in [-0.39, 0.29) is 10.8 Å². The van der Waals surface area contributed by atoms with E-state index in [1.807, 2.05) is 0 Å². The highest BCUT2D eigenvalue weighted by Crippen LogP contribution is 2.36. The number of ether oxygens (including phenoxy) is 1. The van der Waals surface area contributed by atoms with Crippen molar-refractivity contribution in [1.82, 2.24) is 0 Å². The highest BCUT2D eigenvalue weighted by atomic mass is 16.5. The van der Waals surface area contributed by atoms with Crippen LogP contribution in [0, 0.1) is 0 Å². The van der Waals surface area contributed by atoms with E-state index in [9.17, 15) is 0 Å². The van der Waals surface area contributed by atoms with Gasteiger partial charge in [0, 0.05) is 0 Å². The predicted molar refractivity (Wildman–Crippen MR) is 78.4 cm³/mol. The first-order chi connectivity index (χ1) is 8.22. The molecule has 0 saturated carbocycles. The largest absolute Gasteiger partial charge is 0.496 e. The third kappa shape index (κ3) is 3.26. The van der Waals surface area contributed by atoms with Gasteiger partial charge in [0.1, 0.15) is 5.75 Å². The second-order valence-corrected chi connectivity index (χ2v) is 6.59. The van der Waals surface area contributed by atoms with Crippen molar-refractivity contribution in [3.63, 3.8) is 0 Å². The van der Waals surface area contributed by atoms with E-state index in [1.54, 1.807) is 7.11 Å². The molecule has 0 heterocycles. The summed E-state index contributed by atoms with van der Waals surface area (Å²) in [5.74, 6) is 0.967. The molecule has 18 heavy (non-hydrogen) atoms. The number of hydrogen-bond donors (Lipinski definition) is 1. The van der Waals surface area contributed by atoms with Crippen LogP contribution in [-0.2, 0) is 10.8 Å². The summed E-state index contributed by atoms with van der Waals surface area (Å²) in [4.78, 5) is 0. The Kier molecular flexibility index (Phi) is 4.44. The fourth-order valence-corrected chi connectivity index (χ4v) is 2.22. The van der Waals surface area contributed by atoms with Gasteiger partial charge in [-0.2, -0.15) is 0 Å². The molecular formula is C16H27NO. The number of benzene rings is 1. The molecule has 0 bridgehead atoms. The van der Waals surface area contributed by atoms with Crippen molar-refractivity contribution in [2.45, 2.75) is 51.9 Å². The molecule has 0 spiro atoms. The fourth-order valence-electron chi connectivity index (χ4n) is 2.22. The van der Waals surface area contributed by atoms with Crippen molar-refractivity contribution in [2.24, 2.45) is 5.73 Å². The predicted octanol–water partition coefficient (Wildman–Crippen LogP) is 3.62. The first-order valence-electron chi connectivity index (χ1n) is 6.61. The Hall–Kier alpha value is -1.02. The van der Waals surface area contributed by atoms with E-state index in [2.05, 4.69) is 52.8 Å². The third-order valence-electron chi connectivity index (χ3n) is 3.56. The van der Waals surface area contributed by atoms with Gasteiger partial charge < -0.3 is 10.5 Å². The highest BCUT2D eigenvalue weighted by molar-refractivity contribution is 5.43. The molecule has 0 aliphatic heterocycles. The van der Waals surface area contributed by atoms with Gasteiger partial charge in [-0.15, -0.1) is 0 Å². The summed E-state index contributed by atoms with van der Waals surface area (Å²) in [7, 11) is 1.73. The maximum absolute atomic E-state index is 5.71. The lowest BCUT2D eigenvalue weighted by atomic mass is 9.77. The molecule has 0 amide bonds. The summed E-state index contributed by atoms with van der Waals surface area (Å²) >= 11 is 0. The van der Waals surface area contributed by atoms with Crippen LogP contribution in [0.5, 0.6) is 5.75 Å². The van der Waals surface area contributed by atoms with E-state index in [0.717, 1.165) is 12.2 Å². The van der Waals surface area contributed by atoms with E-state index >= 15 is 0 Å². The standard InChI is InChI=1S/C16H27NO/c1-15(2,3)13-11-12(7-8-14(13)18-6)16(4,5)9-10-17/h7-8,11H,9-10,17H2,1-6H3. The molecule has 0 aliphatic rings. The van der Waals surface area contributed by atoms with Gasteiger partial charge in [0.05, 0.1) is 7.11 Å². The summed E-state index contributed by atoms with van der Waals surface area (Å²) in [6, 6.07) is 6.51. The molecule has 2 nitrogen and oxygen atoms in total. The van der Waals surface area contributed by atoms with Gasteiger partial charge in [-0.1, -0.05) is 46.8 Å². The minimum Gasteiger partial charge on any atom is -0.496 e. The van der Waals surface area contributed by atoms with Crippen LogP contribution in [0.3, 0.4) is 0 Å². The van der Waals surface area contributed by atoms with Crippen LogP contribution < -0.4 is 10.5 Å². The number of methoxy groups -OCH3 is 1. The lowest BCUT2D eigenvalue weighted by Crippen LogP contribution is -2.23. The van der Waals surface area contributed by atoms with Gasteiger partial charge in [0.2, 0.25) is 0 Å². The first kappa shape index (κ1) is 15.0. The number of hydrogen-bond acceptors (Lipinski definition) is 2. The second-order valence-electron chi connectivity index (χ2n) is 6.59. The molecule has 0 unspecified atom stereocenters. The molecule has 2 heteroatoms. The monoisotopic (exact) mass is 249 g/mol. The van der Waals surface area contributed by atoms with E-state index in [1.165, 1.54) is 11.1 Å². The third-order valence-corrected chi connectivity index (χ3v) is 3.56. The lowest BCUT2D eigenvalue weighted by molar-refractivity contribution is 0.395. The van der Waals surface area contributed by atoms with Crippen LogP contribution in [0.1, 0.15) is 52.2 Å². The summed E-state index contributed by atoms with van der Waals surface area (Å²) in [5.41, 5.74) is 8.49. The molecule has 0 fully saturated rings. The number of nitrogens with two attached hydrogens (primary N) is 1. The van der Waals surface area contributed by atoms with Crippen molar-refractivity contribution in [2.75, 3.05) is 13.7 Å². The van der Waals surface area contributed by atoms with Gasteiger partial charge in [0.25, 0.3) is 0 Å². The minimum absolute atomic E-state index is 0.0835. The Morgan fingerprint density at radius 3 is 2.17 bits per heavy atom. The van der Waals surface area contributed by atoms with E-state index in [4.69, 9.17) is 10.5 Å². The van der Waals surface area contributed by atoms with Crippen molar-refractivity contribution >= 4 is 0 Å². The van der Waals surface area contributed by atoms with Gasteiger partial charge in [-0.05, 0) is 41.0 Å². The van der Waals surface area contributed by atoms with Crippen LogP contribution in [0.15, 0.2) is 18.2 Å².